The number of fused-ring (bicyclic) bond motifs is 3. The second-order valence-corrected chi connectivity index (χ2v) is 9.01. The molecule has 1 N–H and O–H groups in total. The molecule has 0 saturated heterocycles. The van der Waals surface area contributed by atoms with Gasteiger partial charge >= 0.3 is 0 Å². The van der Waals surface area contributed by atoms with E-state index in [4.69, 9.17) is 4.42 Å². The lowest BCUT2D eigenvalue weighted by Gasteiger charge is -2.14. The van der Waals surface area contributed by atoms with Crippen LogP contribution in [-0.4, -0.2) is 15.5 Å². The molecule has 0 aliphatic heterocycles. The largest absolute Gasteiger partial charge is 0.457 e. The maximum atomic E-state index is 12.9. The molecule has 0 aliphatic rings. The van der Waals surface area contributed by atoms with Gasteiger partial charge in [-0.3, -0.25) is 9.59 Å². The molecule has 0 spiro atoms. The topological polar surface area (TPSA) is 77.1 Å². The van der Waals surface area contributed by atoms with Crippen molar-refractivity contribution in [1.29, 1.82) is 0 Å². The number of carbonyl (C=O) groups is 1. The minimum absolute atomic E-state index is 0.0270. The first-order valence-corrected chi connectivity index (χ1v) is 11.7. The van der Waals surface area contributed by atoms with Crippen molar-refractivity contribution >= 4 is 49.3 Å². The first-order valence-electron chi connectivity index (χ1n) is 10.9. The zero-order chi connectivity index (χ0) is 23.1. The summed E-state index contributed by atoms with van der Waals surface area (Å²) < 4.78 is 8.93. The van der Waals surface area contributed by atoms with Gasteiger partial charge in [0.25, 0.3) is 0 Å². The van der Waals surface area contributed by atoms with E-state index < -0.39 is 0 Å². The van der Waals surface area contributed by atoms with Crippen LogP contribution in [0.15, 0.2) is 94.1 Å². The number of carbonyl (C=O) groups excluding carboxylic acids is 1. The highest BCUT2D eigenvalue weighted by Gasteiger charge is 2.14. The molecule has 3 aromatic heterocycles. The van der Waals surface area contributed by atoms with E-state index in [2.05, 4.69) is 10.3 Å². The summed E-state index contributed by atoms with van der Waals surface area (Å²) in [7, 11) is 0. The average molecular weight is 466 g/mol. The van der Waals surface area contributed by atoms with E-state index in [1.54, 1.807) is 23.5 Å². The van der Waals surface area contributed by atoms with Crippen LogP contribution in [-0.2, 0) is 17.9 Å². The summed E-state index contributed by atoms with van der Waals surface area (Å²) in [6.07, 6.45) is 0. The number of thiazole rings is 1. The number of furan rings is 1. The van der Waals surface area contributed by atoms with E-state index in [0.717, 1.165) is 26.3 Å². The highest BCUT2D eigenvalue weighted by molar-refractivity contribution is 7.21. The molecule has 6 nitrogen and oxygen atoms in total. The van der Waals surface area contributed by atoms with Crippen LogP contribution in [0.25, 0.3) is 42.8 Å². The number of para-hydroxylation sites is 3. The summed E-state index contributed by atoms with van der Waals surface area (Å²) in [5, 5.41) is 4.94. The number of benzene rings is 3. The fourth-order valence-electron chi connectivity index (χ4n) is 4.20. The molecule has 166 valence electrons. The van der Waals surface area contributed by atoms with Crippen LogP contribution in [0.4, 0.5) is 0 Å². The summed E-state index contributed by atoms with van der Waals surface area (Å²) in [4.78, 5) is 30.4. The van der Waals surface area contributed by atoms with Gasteiger partial charge in [0.2, 0.25) is 5.91 Å². The van der Waals surface area contributed by atoms with Gasteiger partial charge in [-0.25, -0.2) is 4.98 Å². The fourth-order valence-corrected chi connectivity index (χ4v) is 5.13. The highest BCUT2D eigenvalue weighted by Crippen LogP contribution is 2.31. The number of rotatable bonds is 5. The van der Waals surface area contributed by atoms with Gasteiger partial charge in [-0.1, -0.05) is 36.4 Å². The molecule has 1 amide bonds. The molecule has 0 unspecified atom stereocenters. The third kappa shape index (κ3) is 3.56. The molecule has 6 aromatic rings. The van der Waals surface area contributed by atoms with Crippen LogP contribution < -0.4 is 10.7 Å². The van der Waals surface area contributed by atoms with Gasteiger partial charge in [0, 0.05) is 10.8 Å². The van der Waals surface area contributed by atoms with Crippen LogP contribution in [0.1, 0.15) is 5.76 Å². The standard InChI is InChI=1S/C27H19N3O3S/c31-25(16-30-21-10-4-1-7-18(21)26(32)19-8-2-5-11-22(19)30)28-15-17-13-14-23(33-17)27-29-20-9-3-6-12-24(20)34-27/h1-14H,15-16H2,(H,28,31). The molecule has 34 heavy (non-hydrogen) atoms. The Morgan fingerprint density at radius 3 is 2.29 bits per heavy atom. The third-order valence-electron chi connectivity index (χ3n) is 5.81. The molecule has 0 radical (unpaired) electrons. The van der Waals surface area contributed by atoms with Gasteiger partial charge in [0.1, 0.15) is 12.3 Å². The van der Waals surface area contributed by atoms with Crippen LogP contribution in [0, 0.1) is 0 Å². The summed E-state index contributed by atoms with van der Waals surface area (Å²) >= 11 is 1.57. The Morgan fingerprint density at radius 1 is 0.882 bits per heavy atom. The van der Waals surface area contributed by atoms with Crippen molar-refractivity contribution in [2.45, 2.75) is 13.1 Å². The summed E-state index contributed by atoms with van der Waals surface area (Å²) in [5.41, 5.74) is 2.38. The van der Waals surface area contributed by atoms with Crippen molar-refractivity contribution in [3.63, 3.8) is 0 Å². The van der Waals surface area contributed by atoms with Gasteiger partial charge in [-0.05, 0) is 48.5 Å². The molecule has 0 bridgehead atoms. The van der Waals surface area contributed by atoms with Crippen molar-refractivity contribution in [3.8, 4) is 10.8 Å². The van der Waals surface area contributed by atoms with Crippen LogP contribution in [0.3, 0.4) is 0 Å². The number of nitrogens with one attached hydrogen (secondary N) is 1. The Hall–Kier alpha value is -4.23. The zero-order valence-electron chi connectivity index (χ0n) is 18.0. The normalized spacial score (nSPS) is 11.4. The van der Waals surface area contributed by atoms with Gasteiger partial charge < -0.3 is 14.3 Å². The molecule has 0 saturated carbocycles. The number of amides is 1. The Morgan fingerprint density at radius 2 is 1.56 bits per heavy atom. The van der Waals surface area contributed by atoms with Gasteiger partial charge in [-0.2, -0.15) is 0 Å². The first kappa shape index (κ1) is 20.4. The Labute approximate surface area is 198 Å². The number of nitrogens with zero attached hydrogens (tertiary/aromatic N) is 2. The number of aromatic nitrogens is 2. The van der Waals surface area contributed by atoms with E-state index in [1.807, 2.05) is 77.4 Å². The lowest BCUT2D eigenvalue weighted by molar-refractivity contribution is -0.121. The molecule has 3 aromatic carbocycles. The summed E-state index contributed by atoms with van der Waals surface area (Å²) in [6.45, 7) is 0.354. The van der Waals surface area contributed by atoms with E-state index in [-0.39, 0.29) is 24.4 Å². The van der Waals surface area contributed by atoms with Crippen molar-refractivity contribution < 1.29 is 9.21 Å². The van der Waals surface area contributed by atoms with E-state index in [1.165, 1.54) is 0 Å². The second-order valence-electron chi connectivity index (χ2n) is 7.98. The molecular formula is C27H19N3O3S. The molecule has 0 atom stereocenters. The van der Waals surface area contributed by atoms with Gasteiger partial charge in [0.15, 0.2) is 16.2 Å². The van der Waals surface area contributed by atoms with Crippen LogP contribution in [0.2, 0.25) is 0 Å². The predicted molar refractivity (Wildman–Crippen MR) is 135 cm³/mol. The molecule has 6 rings (SSSR count). The highest BCUT2D eigenvalue weighted by atomic mass is 32.1. The number of hydrogen-bond acceptors (Lipinski definition) is 5. The lowest BCUT2D eigenvalue weighted by atomic mass is 10.1. The van der Waals surface area contributed by atoms with Crippen molar-refractivity contribution in [2.24, 2.45) is 0 Å². The Bertz CT molecular complexity index is 1650. The smallest absolute Gasteiger partial charge is 0.240 e. The fraction of sp³-hybridized carbons (Fsp3) is 0.0741. The number of pyridine rings is 1. The Kier molecular flexibility index (Phi) is 4.96. The molecule has 7 heteroatoms. The lowest BCUT2D eigenvalue weighted by Crippen LogP contribution is -2.28. The molecule has 3 heterocycles. The first-order chi connectivity index (χ1) is 16.7. The van der Waals surface area contributed by atoms with E-state index >= 15 is 0 Å². The predicted octanol–water partition coefficient (Wildman–Crippen LogP) is 5.34. The minimum atomic E-state index is -0.170. The maximum absolute atomic E-state index is 12.9. The van der Waals surface area contributed by atoms with E-state index in [9.17, 15) is 9.59 Å². The maximum Gasteiger partial charge on any atom is 0.240 e. The molecule has 0 aliphatic carbocycles. The van der Waals surface area contributed by atoms with Gasteiger partial charge in [0.05, 0.1) is 27.8 Å². The zero-order valence-corrected chi connectivity index (χ0v) is 18.8. The second kappa shape index (κ2) is 8.28. The van der Waals surface area contributed by atoms with E-state index in [0.29, 0.717) is 22.3 Å². The molecular weight excluding hydrogens is 446 g/mol. The minimum Gasteiger partial charge on any atom is -0.457 e. The quantitative estimate of drug-likeness (QED) is 0.349. The van der Waals surface area contributed by atoms with Crippen LogP contribution in [0.5, 0.6) is 0 Å². The van der Waals surface area contributed by atoms with Crippen molar-refractivity contribution in [3.05, 3.63) is 101 Å². The third-order valence-corrected chi connectivity index (χ3v) is 6.86. The van der Waals surface area contributed by atoms with Gasteiger partial charge in [-0.15, -0.1) is 11.3 Å². The van der Waals surface area contributed by atoms with Crippen LogP contribution >= 0.6 is 11.3 Å². The summed E-state index contributed by atoms with van der Waals surface area (Å²) in [6, 6.07) is 26.4. The average Bonchev–Trinajstić information content (AvgIpc) is 3.52. The Balaban J connectivity index is 1.23. The van der Waals surface area contributed by atoms with Crippen molar-refractivity contribution in [2.75, 3.05) is 0 Å². The van der Waals surface area contributed by atoms with Crippen molar-refractivity contribution in [1.82, 2.24) is 14.9 Å². The molecule has 0 fully saturated rings. The summed E-state index contributed by atoms with van der Waals surface area (Å²) in [5.74, 6) is 1.16. The number of hydrogen-bond donors (Lipinski definition) is 1. The SMILES string of the molecule is O=C(Cn1c2ccccc2c(=O)c2ccccc21)NCc1ccc(-c2nc3ccccc3s2)o1. The monoisotopic (exact) mass is 465 g/mol.